The summed E-state index contributed by atoms with van der Waals surface area (Å²) in [7, 11) is 1.35. The van der Waals surface area contributed by atoms with Crippen molar-refractivity contribution in [1.82, 2.24) is 9.47 Å². The number of hydrogen-bond acceptors (Lipinski definition) is 8. The number of aromatic nitrogens is 1. The fraction of sp³-hybridized carbons (Fsp3) is 0.476. The van der Waals surface area contributed by atoms with Crippen molar-refractivity contribution in [2.45, 2.75) is 25.3 Å². The van der Waals surface area contributed by atoms with Crippen molar-refractivity contribution >= 4 is 34.2 Å². The lowest BCUT2D eigenvalue weighted by molar-refractivity contribution is -0.384. The Hall–Kier alpha value is -3.47. The molecule has 2 heterocycles. The van der Waals surface area contributed by atoms with Crippen LogP contribution in [0.4, 0.5) is 11.4 Å². The molecule has 2 fully saturated rings. The van der Waals surface area contributed by atoms with E-state index in [1.165, 1.54) is 19.4 Å². The first-order valence-electron chi connectivity index (χ1n) is 10.4. The molecule has 2 aromatic rings. The second-order valence-corrected chi connectivity index (χ2v) is 8.09. The highest BCUT2D eigenvalue weighted by Crippen LogP contribution is 2.39. The van der Waals surface area contributed by atoms with E-state index >= 15 is 0 Å². The SMILES string of the molecule is COC(=O)CCN1CCN(c2cc3c(cc2[N+](=O)[O-])c(=O)c(C(=O)O)cn3C2CC2)CC1. The normalized spacial score (nSPS) is 16.8. The zero-order valence-corrected chi connectivity index (χ0v) is 17.7. The third-order valence-electron chi connectivity index (χ3n) is 6.07. The molecule has 1 aliphatic heterocycles. The molecule has 1 N–H and O–H groups in total. The number of anilines is 1. The number of esters is 1. The van der Waals surface area contributed by atoms with Crippen LogP contribution >= 0.6 is 0 Å². The van der Waals surface area contributed by atoms with Gasteiger partial charge in [0.25, 0.3) is 5.69 Å². The fourth-order valence-corrected chi connectivity index (χ4v) is 4.14. The molecule has 0 atom stereocenters. The number of nitro groups is 1. The number of carboxylic acid groups (broad SMARTS) is 1. The van der Waals surface area contributed by atoms with E-state index in [1.54, 1.807) is 10.6 Å². The average molecular weight is 444 g/mol. The number of nitrogens with zero attached hydrogens (tertiary/aromatic N) is 4. The van der Waals surface area contributed by atoms with Gasteiger partial charge in [-0.25, -0.2) is 4.79 Å². The van der Waals surface area contributed by atoms with Gasteiger partial charge in [-0.15, -0.1) is 0 Å². The van der Waals surface area contributed by atoms with Crippen LogP contribution in [0.1, 0.15) is 35.7 Å². The van der Waals surface area contributed by atoms with Crippen LogP contribution in [0.15, 0.2) is 23.1 Å². The van der Waals surface area contributed by atoms with Crippen molar-refractivity contribution in [3.05, 3.63) is 44.2 Å². The highest BCUT2D eigenvalue weighted by Gasteiger charge is 2.30. The van der Waals surface area contributed by atoms with Gasteiger partial charge in [0.15, 0.2) is 0 Å². The lowest BCUT2D eigenvalue weighted by Crippen LogP contribution is -2.47. The number of nitro benzene ring substituents is 1. The lowest BCUT2D eigenvalue weighted by atomic mass is 10.1. The number of ether oxygens (including phenoxy) is 1. The summed E-state index contributed by atoms with van der Waals surface area (Å²) in [6, 6.07) is 2.94. The number of piperazine rings is 1. The number of benzene rings is 1. The van der Waals surface area contributed by atoms with E-state index in [1.807, 2.05) is 4.90 Å². The van der Waals surface area contributed by atoms with Crippen molar-refractivity contribution in [1.29, 1.82) is 0 Å². The number of carbonyl (C=O) groups excluding carboxylic acids is 1. The van der Waals surface area contributed by atoms with Gasteiger partial charge in [-0.05, 0) is 18.9 Å². The largest absolute Gasteiger partial charge is 0.477 e. The topological polar surface area (TPSA) is 135 Å². The summed E-state index contributed by atoms with van der Waals surface area (Å²) in [5.41, 5.74) is -0.400. The number of aromatic carboxylic acids is 1. The van der Waals surface area contributed by atoms with E-state index in [-0.39, 0.29) is 35.1 Å². The lowest BCUT2D eigenvalue weighted by Gasteiger charge is -2.35. The molecule has 1 saturated heterocycles. The Morgan fingerprint density at radius 1 is 1.22 bits per heavy atom. The van der Waals surface area contributed by atoms with Gasteiger partial charge in [0.2, 0.25) is 5.43 Å². The first-order valence-corrected chi connectivity index (χ1v) is 10.4. The molecule has 1 saturated carbocycles. The number of rotatable bonds is 7. The van der Waals surface area contributed by atoms with Crippen molar-refractivity contribution < 1.29 is 24.4 Å². The maximum atomic E-state index is 12.7. The van der Waals surface area contributed by atoms with Crippen molar-refractivity contribution in [2.75, 3.05) is 44.7 Å². The van der Waals surface area contributed by atoms with Crippen molar-refractivity contribution in [3.8, 4) is 0 Å². The van der Waals surface area contributed by atoms with E-state index in [2.05, 4.69) is 9.64 Å². The second-order valence-electron chi connectivity index (χ2n) is 8.09. The number of pyridine rings is 1. The van der Waals surface area contributed by atoms with Crippen LogP contribution in [0.3, 0.4) is 0 Å². The molecule has 0 bridgehead atoms. The Bertz CT molecular complexity index is 1150. The summed E-state index contributed by atoms with van der Waals surface area (Å²) in [6.45, 7) is 2.85. The molecule has 1 aromatic carbocycles. The van der Waals surface area contributed by atoms with Crippen molar-refractivity contribution in [3.63, 3.8) is 0 Å². The van der Waals surface area contributed by atoms with Crippen molar-refractivity contribution in [2.24, 2.45) is 0 Å². The summed E-state index contributed by atoms with van der Waals surface area (Å²) in [5, 5.41) is 21.3. The highest BCUT2D eigenvalue weighted by molar-refractivity contribution is 5.95. The molecule has 11 nitrogen and oxygen atoms in total. The quantitative estimate of drug-likeness (QED) is 0.384. The zero-order valence-electron chi connectivity index (χ0n) is 17.7. The maximum Gasteiger partial charge on any atom is 0.341 e. The molecule has 1 aromatic heterocycles. The Labute approximate surface area is 182 Å². The summed E-state index contributed by atoms with van der Waals surface area (Å²) >= 11 is 0. The van der Waals surface area contributed by atoms with Gasteiger partial charge in [0, 0.05) is 51.0 Å². The number of fused-ring (bicyclic) bond motifs is 1. The van der Waals surface area contributed by atoms with E-state index in [9.17, 15) is 29.6 Å². The zero-order chi connectivity index (χ0) is 23.0. The van der Waals surface area contributed by atoms with Gasteiger partial charge in [0.05, 0.1) is 29.4 Å². The third kappa shape index (κ3) is 4.15. The minimum absolute atomic E-state index is 0.0453. The predicted molar refractivity (Wildman–Crippen MR) is 115 cm³/mol. The monoisotopic (exact) mass is 444 g/mol. The number of hydrogen-bond donors (Lipinski definition) is 1. The average Bonchev–Trinajstić information content (AvgIpc) is 3.62. The van der Waals surface area contributed by atoms with Crippen LogP contribution < -0.4 is 10.3 Å². The van der Waals surface area contributed by atoms with Crippen LogP contribution in [0.25, 0.3) is 10.9 Å². The van der Waals surface area contributed by atoms with Crippen LogP contribution in [-0.2, 0) is 9.53 Å². The van der Waals surface area contributed by atoms with Crippen LogP contribution in [0.2, 0.25) is 0 Å². The Kier molecular flexibility index (Phi) is 5.83. The Balaban J connectivity index is 1.70. The number of carboxylic acids is 1. The van der Waals surface area contributed by atoms with Gasteiger partial charge in [-0.3, -0.25) is 24.6 Å². The van der Waals surface area contributed by atoms with Gasteiger partial charge in [0.1, 0.15) is 11.3 Å². The maximum absolute atomic E-state index is 12.7. The van der Waals surface area contributed by atoms with Crippen LogP contribution in [0.5, 0.6) is 0 Å². The fourth-order valence-electron chi connectivity index (χ4n) is 4.14. The highest BCUT2D eigenvalue weighted by atomic mass is 16.6. The first kappa shape index (κ1) is 21.8. The smallest absolute Gasteiger partial charge is 0.341 e. The molecule has 0 spiro atoms. The standard InChI is InChI=1S/C21H24N4O7/c1-32-19(26)4-5-22-6-8-23(9-7-22)17-11-16-14(10-18(17)25(30)31)20(27)15(21(28)29)12-24(16)13-2-3-13/h10-13H,2-9H2,1H3,(H,28,29). The van der Waals surface area contributed by atoms with Gasteiger partial charge < -0.3 is 19.3 Å². The molecule has 32 heavy (non-hydrogen) atoms. The minimum atomic E-state index is -1.35. The minimum Gasteiger partial charge on any atom is -0.477 e. The molecule has 11 heteroatoms. The molecule has 2 aliphatic rings. The molecule has 1 aliphatic carbocycles. The summed E-state index contributed by atoms with van der Waals surface area (Å²) in [5.74, 6) is -1.63. The van der Waals surface area contributed by atoms with Crippen LogP contribution in [-0.4, -0.2) is 71.3 Å². The molecule has 4 rings (SSSR count). The summed E-state index contributed by atoms with van der Waals surface area (Å²) in [6.07, 6.45) is 3.36. The van der Waals surface area contributed by atoms with E-state index in [4.69, 9.17) is 0 Å². The molecule has 0 amide bonds. The predicted octanol–water partition coefficient (Wildman–Crippen LogP) is 1.63. The third-order valence-corrected chi connectivity index (χ3v) is 6.07. The van der Waals surface area contributed by atoms with Crippen LogP contribution in [0, 0.1) is 10.1 Å². The van der Waals surface area contributed by atoms with Gasteiger partial charge in [-0.2, -0.15) is 0 Å². The molecular weight excluding hydrogens is 420 g/mol. The Morgan fingerprint density at radius 2 is 1.91 bits per heavy atom. The van der Waals surface area contributed by atoms with E-state index in [0.717, 1.165) is 12.8 Å². The summed E-state index contributed by atoms with van der Waals surface area (Å²) in [4.78, 5) is 51.0. The van der Waals surface area contributed by atoms with Gasteiger partial charge in [-0.1, -0.05) is 0 Å². The second kappa shape index (κ2) is 8.58. The molecule has 0 unspecified atom stereocenters. The summed E-state index contributed by atoms with van der Waals surface area (Å²) < 4.78 is 6.43. The number of carbonyl (C=O) groups is 2. The van der Waals surface area contributed by atoms with Gasteiger partial charge >= 0.3 is 11.9 Å². The van der Waals surface area contributed by atoms with E-state index in [0.29, 0.717) is 43.9 Å². The number of methoxy groups -OCH3 is 1. The van der Waals surface area contributed by atoms with E-state index < -0.39 is 16.3 Å². The molecular formula is C21H24N4O7. The molecule has 0 radical (unpaired) electrons. The Morgan fingerprint density at radius 3 is 2.47 bits per heavy atom. The molecule has 170 valence electrons. The first-order chi connectivity index (χ1) is 15.3.